The maximum absolute atomic E-state index is 12.0. The van der Waals surface area contributed by atoms with Crippen molar-refractivity contribution in [3.05, 3.63) is 29.3 Å². The van der Waals surface area contributed by atoms with Gasteiger partial charge in [-0.05, 0) is 55.7 Å². The molecule has 0 bridgehead atoms. The zero-order valence-corrected chi connectivity index (χ0v) is 13.3. The van der Waals surface area contributed by atoms with E-state index in [1.165, 1.54) is 31.2 Å². The summed E-state index contributed by atoms with van der Waals surface area (Å²) in [5, 5.41) is 2.96. The number of nitrogens with two attached hydrogens (primary N) is 1. The van der Waals surface area contributed by atoms with Crippen molar-refractivity contribution in [1.29, 1.82) is 0 Å². The van der Waals surface area contributed by atoms with Crippen LogP contribution in [0.4, 0.5) is 5.69 Å². The van der Waals surface area contributed by atoms with Gasteiger partial charge in [0.2, 0.25) is 5.91 Å². The molecule has 21 heavy (non-hydrogen) atoms. The average Bonchev–Trinajstić information content (AvgIpc) is 2.69. The number of fused-ring (bicyclic) bond motifs is 1. The first kappa shape index (κ1) is 14.6. The normalized spacial score (nSPS) is 28.9. The third-order valence-corrected chi connectivity index (χ3v) is 5.49. The molecule has 1 unspecified atom stereocenters. The Morgan fingerprint density at radius 2 is 1.90 bits per heavy atom. The molecule has 3 N–H and O–H groups in total. The lowest BCUT2D eigenvalue weighted by Crippen LogP contribution is -2.28. The molecule has 3 nitrogen and oxygen atoms in total. The van der Waals surface area contributed by atoms with Crippen LogP contribution in [0.5, 0.6) is 0 Å². The molecule has 0 radical (unpaired) electrons. The highest BCUT2D eigenvalue weighted by atomic mass is 16.2. The number of amides is 1. The minimum atomic E-state index is -0.452. The van der Waals surface area contributed by atoms with Crippen LogP contribution < -0.4 is 11.1 Å². The SMILES string of the molecule is CC1CCC(C(N)c2ccc3c(c2)C(C)(C)C(=O)N3)CC1. The number of benzene rings is 1. The Morgan fingerprint density at radius 3 is 2.57 bits per heavy atom. The predicted octanol–water partition coefficient (Wildman–Crippen LogP) is 3.74. The maximum atomic E-state index is 12.0. The molecule has 0 spiro atoms. The summed E-state index contributed by atoms with van der Waals surface area (Å²) < 4.78 is 0. The third-order valence-electron chi connectivity index (χ3n) is 5.49. The van der Waals surface area contributed by atoms with Crippen LogP contribution >= 0.6 is 0 Å². The van der Waals surface area contributed by atoms with Crippen molar-refractivity contribution in [2.24, 2.45) is 17.6 Å². The van der Waals surface area contributed by atoms with Gasteiger partial charge in [-0.2, -0.15) is 0 Å². The fourth-order valence-electron chi connectivity index (χ4n) is 3.71. The standard InChI is InChI=1S/C18H26N2O/c1-11-4-6-12(7-5-11)16(19)13-8-9-15-14(10-13)18(2,3)17(21)20-15/h8-12,16H,4-7,19H2,1-3H3,(H,20,21). The van der Waals surface area contributed by atoms with Crippen LogP contribution in [0.1, 0.15) is 63.6 Å². The molecule has 1 aliphatic carbocycles. The minimum Gasteiger partial charge on any atom is -0.325 e. The molecule has 1 saturated carbocycles. The summed E-state index contributed by atoms with van der Waals surface area (Å²) in [4.78, 5) is 12.0. The molecular formula is C18H26N2O. The Hall–Kier alpha value is -1.35. The predicted molar refractivity (Wildman–Crippen MR) is 86.1 cm³/mol. The van der Waals surface area contributed by atoms with Crippen molar-refractivity contribution in [3.63, 3.8) is 0 Å². The molecule has 0 saturated heterocycles. The van der Waals surface area contributed by atoms with Crippen LogP contribution in [0.2, 0.25) is 0 Å². The Labute approximate surface area is 127 Å². The summed E-state index contributed by atoms with van der Waals surface area (Å²) in [5.41, 5.74) is 9.28. The van der Waals surface area contributed by atoms with E-state index in [1.807, 2.05) is 19.9 Å². The first-order valence-electron chi connectivity index (χ1n) is 8.11. The fourth-order valence-corrected chi connectivity index (χ4v) is 3.71. The van der Waals surface area contributed by atoms with E-state index in [0.29, 0.717) is 5.92 Å². The lowest BCUT2D eigenvalue weighted by atomic mass is 9.76. The molecule has 1 heterocycles. The van der Waals surface area contributed by atoms with E-state index in [1.54, 1.807) is 0 Å². The second-order valence-corrected chi connectivity index (χ2v) is 7.43. The zero-order chi connectivity index (χ0) is 15.2. The summed E-state index contributed by atoms with van der Waals surface area (Å²) >= 11 is 0. The Kier molecular flexibility index (Phi) is 3.56. The van der Waals surface area contributed by atoms with Gasteiger partial charge >= 0.3 is 0 Å². The summed E-state index contributed by atoms with van der Waals surface area (Å²) in [6, 6.07) is 6.34. The topological polar surface area (TPSA) is 55.1 Å². The van der Waals surface area contributed by atoms with Crippen molar-refractivity contribution in [1.82, 2.24) is 0 Å². The first-order chi connectivity index (χ1) is 9.89. The van der Waals surface area contributed by atoms with E-state index in [4.69, 9.17) is 5.73 Å². The Balaban J connectivity index is 1.84. The molecule has 1 fully saturated rings. The summed E-state index contributed by atoms with van der Waals surface area (Å²) in [6.45, 7) is 6.29. The number of nitrogens with one attached hydrogen (secondary N) is 1. The van der Waals surface area contributed by atoms with Gasteiger partial charge in [0.05, 0.1) is 5.41 Å². The van der Waals surface area contributed by atoms with Crippen LogP contribution in [0, 0.1) is 11.8 Å². The van der Waals surface area contributed by atoms with Crippen molar-refractivity contribution in [3.8, 4) is 0 Å². The lowest BCUT2D eigenvalue weighted by molar-refractivity contribution is -0.119. The van der Waals surface area contributed by atoms with Crippen LogP contribution in [-0.4, -0.2) is 5.91 Å². The molecular weight excluding hydrogens is 260 g/mol. The number of carbonyl (C=O) groups is 1. The van der Waals surface area contributed by atoms with Crippen LogP contribution in [0.3, 0.4) is 0 Å². The highest BCUT2D eigenvalue weighted by molar-refractivity contribution is 6.05. The number of hydrogen-bond donors (Lipinski definition) is 2. The van der Waals surface area contributed by atoms with Gasteiger partial charge in [0.25, 0.3) is 0 Å². The molecule has 3 rings (SSSR count). The number of carbonyl (C=O) groups excluding carboxylic acids is 1. The van der Waals surface area contributed by atoms with Crippen molar-refractivity contribution >= 4 is 11.6 Å². The molecule has 1 aromatic rings. The van der Waals surface area contributed by atoms with E-state index < -0.39 is 5.41 Å². The van der Waals surface area contributed by atoms with E-state index in [0.717, 1.165) is 17.2 Å². The van der Waals surface area contributed by atoms with Gasteiger partial charge in [-0.15, -0.1) is 0 Å². The third kappa shape index (κ3) is 2.48. The van der Waals surface area contributed by atoms with Gasteiger partial charge in [0, 0.05) is 11.7 Å². The first-order valence-corrected chi connectivity index (χ1v) is 8.11. The van der Waals surface area contributed by atoms with Crippen LogP contribution in [0.15, 0.2) is 18.2 Å². The van der Waals surface area contributed by atoms with E-state index in [2.05, 4.69) is 24.4 Å². The van der Waals surface area contributed by atoms with Crippen LogP contribution in [0.25, 0.3) is 0 Å². The summed E-state index contributed by atoms with van der Waals surface area (Å²) in [6.07, 6.45) is 5.02. The van der Waals surface area contributed by atoms with Crippen molar-refractivity contribution < 1.29 is 4.79 Å². The quantitative estimate of drug-likeness (QED) is 0.870. The maximum Gasteiger partial charge on any atom is 0.234 e. The Bertz CT molecular complexity index is 556. The minimum absolute atomic E-state index is 0.0784. The number of rotatable bonds is 2. The lowest BCUT2D eigenvalue weighted by Gasteiger charge is -2.31. The second kappa shape index (κ2) is 5.13. The van der Waals surface area contributed by atoms with Gasteiger partial charge in [-0.1, -0.05) is 31.9 Å². The molecule has 3 heteroatoms. The van der Waals surface area contributed by atoms with E-state index >= 15 is 0 Å². The van der Waals surface area contributed by atoms with Gasteiger partial charge in [0.1, 0.15) is 0 Å². The molecule has 114 valence electrons. The average molecular weight is 286 g/mol. The van der Waals surface area contributed by atoms with E-state index in [9.17, 15) is 4.79 Å². The molecule has 1 aliphatic heterocycles. The summed E-state index contributed by atoms with van der Waals surface area (Å²) in [5.74, 6) is 1.50. The molecule has 0 aromatic heterocycles. The number of hydrogen-bond acceptors (Lipinski definition) is 2. The Morgan fingerprint density at radius 1 is 1.24 bits per heavy atom. The monoisotopic (exact) mass is 286 g/mol. The largest absolute Gasteiger partial charge is 0.325 e. The van der Waals surface area contributed by atoms with Crippen molar-refractivity contribution in [2.75, 3.05) is 5.32 Å². The fraction of sp³-hybridized carbons (Fsp3) is 0.611. The van der Waals surface area contributed by atoms with Crippen molar-refractivity contribution in [2.45, 2.75) is 57.9 Å². The smallest absolute Gasteiger partial charge is 0.234 e. The van der Waals surface area contributed by atoms with Gasteiger partial charge in [-0.25, -0.2) is 0 Å². The second-order valence-electron chi connectivity index (χ2n) is 7.43. The summed E-state index contributed by atoms with van der Waals surface area (Å²) in [7, 11) is 0. The number of anilines is 1. The molecule has 1 atom stereocenters. The zero-order valence-electron chi connectivity index (χ0n) is 13.3. The highest BCUT2D eigenvalue weighted by Gasteiger charge is 2.38. The highest BCUT2D eigenvalue weighted by Crippen LogP contribution is 2.41. The van der Waals surface area contributed by atoms with Gasteiger partial charge in [-0.3, -0.25) is 4.79 Å². The molecule has 1 amide bonds. The van der Waals surface area contributed by atoms with Gasteiger partial charge < -0.3 is 11.1 Å². The van der Waals surface area contributed by atoms with Crippen LogP contribution in [-0.2, 0) is 10.2 Å². The molecule has 2 aliphatic rings. The van der Waals surface area contributed by atoms with E-state index in [-0.39, 0.29) is 11.9 Å². The van der Waals surface area contributed by atoms with Gasteiger partial charge in [0.15, 0.2) is 0 Å². The molecule has 1 aromatic carbocycles.